The van der Waals surface area contributed by atoms with E-state index >= 15 is 0 Å². The lowest BCUT2D eigenvalue weighted by Gasteiger charge is -2.24. The third-order valence-electron chi connectivity index (χ3n) is 4.29. The van der Waals surface area contributed by atoms with Gasteiger partial charge in [-0.3, -0.25) is 4.79 Å². The Morgan fingerprint density at radius 3 is 2.43 bits per heavy atom. The first-order valence-electron chi connectivity index (χ1n) is 7.79. The number of carbonyl (C=O) groups excluding carboxylic acids is 1. The lowest BCUT2D eigenvalue weighted by atomic mass is 9.90. The number of aliphatic hydroxyl groups excluding tert-OH is 1. The quantitative estimate of drug-likeness (QED) is 0.912. The van der Waals surface area contributed by atoms with Crippen LogP contribution in [0.4, 0.5) is 5.69 Å². The van der Waals surface area contributed by atoms with Crippen molar-refractivity contribution in [3.05, 3.63) is 65.2 Å². The van der Waals surface area contributed by atoms with Crippen LogP contribution in [0, 0.1) is 6.92 Å². The molecule has 1 aliphatic rings. The van der Waals surface area contributed by atoms with E-state index in [9.17, 15) is 15.0 Å². The predicted molar refractivity (Wildman–Crippen MR) is 89.0 cm³/mol. The fourth-order valence-electron chi connectivity index (χ4n) is 3.16. The van der Waals surface area contributed by atoms with E-state index in [1.54, 1.807) is 24.0 Å². The third kappa shape index (κ3) is 2.76. The average molecular weight is 311 g/mol. The first-order valence-corrected chi connectivity index (χ1v) is 7.79. The van der Waals surface area contributed by atoms with Gasteiger partial charge in [0.2, 0.25) is 0 Å². The smallest absolute Gasteiger partial charge is 0.264 e. The molecule has 2 N–H and O–H groups in total. The predicted octanol–water partition coefficient (Wildman–Crippen LogP) is 2.50. The van der Waals surface area contributed by atoms with Crippen LogP contribution in [0.2, 0.25) is 0 Å². The number of carbonyl (C=O) groups is 1. The Bertz CT molecular complexity index is 724. The molecule has 23 heavy (non-hydrogen) atoms. The van der Waals surface area contributed by atoms with Gasteiger partial charge in [0, 0.05) is 12.0 Å². The summed E-state index contributed by atoms with van der Waals surface area (Å²) in [5.41, 5.74) is 1.78. The number of benzene rings is 2. The second kappa shape index (κ2) is 5.80. The van der Waals surface area contributed by atoms with Crippen LogP contribution in [0.15, 0.2) is 48.5 Å². The molecule has 0 saturated carbocycles. The van der Waals surface area contributed by atoms with Crippen LogP contribution in [0.3, 0.4) is 0 Å². The van der Waals surface area contributed by atoms with Gasteiger partial charge in [-0.2, -0.15) is 0 Å². The average Bonchev–Trinajstić information content (AvgIpc) is 2.71. The molecule has 2 aromatic carbocycles. The van der Waals surface area contributed by atoms with E-state index in [4.69, 9.17) is 0 Å². The van der Waals surface area contributed by atoms with Crippen LogP contribution in [0.5, 0.6) is 0 Å². The van der Waals surface area contributed by atoms with E-state index in [1.165, 1.54) is 0 Å². The maximum Gasteiger partial charge on any atom is 0.264 e. The van der Waals surface area contributed by atoms with E-state index < -0.39 is 11.7 Å². The number of hydrogen-bond donors (Lipinski definition) is 2. The number of para-hydroxylation sites is 1. The van der Waals surface area contributed by atoms with Crippen LogP contribution in [0.1, 0.15) is 30.0 Å². The Balaban J connectivity index is 1.98. The number of rotatable bonds is 4. The van der Waals surface area contributed by atoms with Crippen molar-refractivity contribution in [1.82, 2.24) is 0 Å². The highest BCUT2D eigenvalue weighted by atomic mass is 16.3. The van der Waals surface area contributed by atoms with Gasteiger partial charge in [-0.05, 0) is 25.5 Å². The summed E-state index contributed by atoms with van der Waals surface area (Å²) in [4.78, 5) is 14.5. The minimum atomic E-state index is -1.66. The minimum absolute atomic E-state index is 0.00670. The molecule has 1 heterocycles. The van der Waals surface area contributed by atoms with Gasteiger partial charge >= 0.3 is 0 Å². The second-order valence-corrected chi connectivity index (χ2v) is 6.31. The molecular formula is C19H21NO3. The van der Waals surface area contributed by atoms with E-state index in [1.807, 2.05) is 43.3 Å². The number of anilines is 1. The summed E-state index contributed by atoms with van der Waals surface area (Å²) in [6.07, 6.45) is -0.774. The molecule has 0 unspecified atom stereocenters. The Morgan fingerprint density at radius 2 is 1.78 bits per heavy atom. The molecule has 0 aromatic heterocycles. The summed E-state index contributed by atoms with van der Waals surface area (Å²) in [6, 6.07) is 15.2. The largest absolute Gasteiger partial charge is 0.393 e. The normalized spacial score (nSPS) is 21.4. The molecule has 2 atom stereocenters. The van der Waals surface area contributed by atoms with Crippen molar-refractivity contribution in [3.63, 3.8) is 0 Å². The molecule has 1 aliphatic heterocycles. The SMILES string of the molecule is Cc1ccc(CN2C(=O)[C@](O)(C[C@H](C)O)c3ccccc32)cc1. The Morgan fingerprint density at radius 1 is 1.13 bits per heavy atom. The van der Waals surface area contributed by atoms with Crippen LogP contribution in [-0.2, 0) is 16.9 Å². The lowest BCUT2D eigenvalue weighted by molar-refractivity contribution is -0.139. The monoisotopic (exact) mass is 311 g/mol. The lowest BCUT2D eigenvalue weighted by Crippen LogP contribution is -2.41. The van der Waals surface area contributed by atoms with Gasteiger partial charge in [-0.15, -0.1) is 0 Å². The number of amides is 1. The topological polar surface area (TPSA) is 60.8 Å². The van der Waals surface area contributed by atoms with Crippen LogP contribution in [-0.4, -0.2) is 22.2 Å². The van der Waals surface area contributed by atoms with E-state index in [2.05, 4.69) is 0 Å². The molecule has 2 aromatic rings. The Kier molecular flexibility index (Phi) is 3.96. The van der Waals surface area contributed by atoms with Gasteiger partial charge in [0.25, 0.3) is 5.91 Å². The Hall–Kier alpha value is -2.17. The highest BCUT2D eigenvalue weighted by molar-refractivity contribution is 6.06. The summed E-state index contributed by atoms with van der Waals surface area (Å²) >= 11 is 0. The maximum absolute atomic E-state index is 12.9. The Labute approximate surface area is 136 Å². The molecule has 0 saturated heterocycles. The zero-order chi connectivity index (χ0) is 16.6. The highest BCUT2D eigenvalue weighted by Crippen LogP contribution is 2.43. The van der Waals surface area contributed by atoms with Crippen molar-refractivity contribution in [2.45, 2.75) is 38.5 Å². The van der Waals surface area contributed by atoms with Crippen molar-refractivity contribution in [2.24, 2.45) is 0 Å². The molecule has 120 valence electrons. The minimum Gasteiger partial charge on any atom is -0.393 e. The third-order valence-corrected chi connectivity index (χ3v) is 4.29. The molecule has 0 radical (unpaired) electrons. The molecule has 4 nitrogen and oxygen atoms in total. The van der Waals surface area contributed by atoms with E-state index in [-0.39, 0.29) is 12.3 Å². The highest BCUT2D eigenvalue weighted by Gasteiger charge is 2.49. The fourth-order valence-corrected chi connectivity index (χ4v) is 3.16. The number of nitrogens with zero attached hydrogens (tertiary/aromatic N) is 1. The standard InChI is InChI=1S/C19H21NO3/c1-13-7-9-15(10-8-13)12-20-17-6-4-3-5-16(17)19(23,18(20)22)11-14(2)21/h3-10,14,21,23H,11-12H2,1-2H3/t14-,19-/m0/s1. The van der Waals surface area contributed by atoms with Crippen molar-refractivity contribution in [2.75, 3.05) is 4.90 Å². The van der Waals surface area contributed by atoms with Gasteiger partial charge in [0.05, 0.1) is 18.3 Å². The number of fused-ring (bicyclic) bond motifs is 1. The molecule has 0 bridgehead atoms. The van der Waals surface area contributed by atoms with Gasteiger partial charge < -0.3 is 15.1 Å². The van der Waals surface area contributed by atoms with Crippen LogP contribution >= 0.6 is 0 Å². The molecular weight excluding hydrogens is 290 g/mol. The first kappa shape index (κ1) is 15.7. The van der Waals surface area contributed by atoms with E-state index in [0.29, 0.717) is 17.8 Å². The summed E-state index contributed by atoms with van der Waals surface area (Å²) in [6.45, 7) is 4.00. The van der Waals surface area contributed by atoms with Crippen LogP contribution < -0.4 is 4.90 Å². The summed E-state index contributed by atoms with van der Waals surface area (Å²) < 4.78 is 0. The molecule has 3 rings (SSSR count). The van der Waals surface area contributed by atoms with Crippen molar-refractivity contribution in [1.29, 1.82) is 0 Å². The van der Waals surface area contributed by atoms with Gasteiger partial charge in [0.1, 0.15) is 0 Å². The van der Waals surface area contributed by atoms with Crippen LogP contribution in [0.25, 0.3) is 0 Å². The van der Waals surface area contributed by atoms with Gasteiger partial charge in [-0.1, -0.05) is 48.0 Å². The number of aryl methyl sites for hydroxylation is 1. The van der Waals surface area contributed by atoms with Crippen molar-refractivity contribution in [3.8, 4) is 0 Å². The number of aliphatic hydroxyl groups is 2. The maximum atomic E-state index is 12.9. The molecule has 4 heteroatoms. The fraction of sp³-hybridized carbons (Fsp3) is 0.316. The second-order valence-electron chi connectivity index (χ2n) is 6.31. The number of hydrogen-bond acceptors (Lipinski definition) is 3. The summed E-state index contributed by atoms with van der Waals surface area (Å²) in [5.74, 6) is -0.375. The van der Waals surface area contributed by atoms with Crippen molar-refractivity contribution >= 4 is 11.6 Å². The summed E-state index contributed by atoms with van der Waals surface area (Å²) in [7, 11) is 0. The van der Waals surface area contributed by atoms with Gasteiger partial charge in [-0.25, -0.2) is 0 Å². The molecule has 0 aliphatic carbocycles. The zero-order valence-corrected chi connectivity index (χ0v) is 13.4. The summed E-state index contributed by atoms with van der Waals surface area (Å²) in [5, 5.41) is 20.6. The zero-order valence-electron chi connectivity index (χ0n) is 13.4. The molecule has 0 fully saturated rings. The van der Waals surface area contributed by atoms with Crippen molar-refractivity contribution < 1.29 is 15.0 Å². The van der Waals surface area contributed by atoms with Gasteiger partial charge in [0.15, 0.2) is 5.60 Å². The first-order chi connectivity index (χ1) is 10.9. The molecule has 1 amide bonds. The molecule has 0 spiro atoms. The van der Waals surface area contributed by atoms with E-state index in [0.717, 1.165) is 11.1 Å².